The molecule has 0 saturated carbocycles. The van der Waals surface area contributed by atoms with Crippen LogP contribution in [0.4, 0.5) is 0 Å². The lowest BCUT2D eigenvalue weighted by atomic mass is 10.1. The summed E-state index contributed by atoms with van der Waals surface area (Å²) in [6, 6.07) is 6.69. The van der Waals surface area contributed by atoms with Gasteiger partial charge in [-0.1, -0.05) is 18.2 Å². The first-order valence-corrected chi connectivity index (χ1v) is 6.98. The number of hydrogen-bond donors (Lipinski definition) is 2. The van der Waals surface area contributed by atoms with E-state index in [1.54, 1.807) is 14.2 Å². The summed E-state index contributed by atoms with van der Waals surface area (Å²) in [6.45, 7) is 2.81. The van der Waals surface area contributed by atoms with Gasteiger partial charge in [-0.2, -0.15) is 0 Å². The van der Waals surface area contributed by atoms with Gasteiger partial charge < -0.3 is 15.4 Å². The molecule has 0 atom stereocenters. The summed E-state index contributed by atoms with van der Waals surface area (Å²) in [5, 5.41) is 6.77. The minimum atomic E-state index is 0. The van der Waals surface area contributed by atoms with Crippen molar-refractivity contribution in [3.63, 3.8) is 0 Å². The van der Waals surface area contributed by atoms with Gasteiger partial charge in [0.2, 0.25) is 0 Å². The number of nitrogens with zero attached hydrogens (tertiary/aromatic N) is 1. The first-order chi connectivity index (χ1) is 9.71. The Bertz CT molecular complexity index is 506. The quantitative estimate of drug-likeness (QED) is 0.353. The van der Waals surface area contributed by atoms with Gasteiger partial charge in [-0.05, 0) is 43.0 Å². The zero-order chi connectivity index (χ0) is 14.4. The molecule has 1 aromatic rings. The molecule has 2 N–H and O–H groups in total. The molecule has 0 amide bonds. The Labute approximate surface area is 144 Å². The number of guanidine groups is 1. The summed E-state index contributed by atoms with van der Waals surface area (Å²) >= 11 is 0. The zero-order valence-corrected chi connectivity index (χ0v) is 15.2. The summed E-state index contributed by atoms with van der Waals surface area (Å²) in [5.41, 5.74) is 2.39. The molecule has 21 heavy (non-hydrogen) atoms. The van der Waals surface area contributed by atoms with Gasteiger partial charge in [-0.3, -0.25) is 4.99 Å². The van der Waals surface area contributed by atoms with Crippen molar-refractivity contribution < 1.29 is 4.74 Å². The van der Waals surface area contributed by atoms with Crippen molar-refractivity contribution in [1.29, 1.82) is 0 Å². The Hall–Kier alpha value is -1.24. The first kappa shape index (κ1) is 17.8. The Morgan fingerprint density at radius 3 is 2.62 bits per heavy atom. The van der Waals surface area contributed by atoms with Crippen LogP contribution in [0.25, 0.3) is 0 Å². The third-order valence-electron chi connectivity index (χ3n) is 3.38. The molecule has 1 aromatic carbocycles. The highest BCUT2D eigenvalue weighted by molar-refractivity contribution is 14.0. The second-order valence-corrected chi connectivity index (χ2v) is 5.07. The van der Waals surface area contributed by atoms with Crippen molar-refractivity contribution in [2.75, 3.05) is 14.2 Å². The molecule has 0 unspecified atom stereocenters. The molecule has 5 heteroatoms. The Balaban J connectivity index is 0.00000220. The Kier molecular flexibility index (Phi) is 7.56. The van der Waals surface area contributed by atoms with Crippen LogP contribution in [-0.4, -0.2) is 26.2 Å². The van der Waals surface area contributed by atoms with Crippen LogP contribution in [0.15, 0.2) is 35.3 Å². The number of nitrogens with one attached hydrogen (secondary N) is 2. The largest absolute Gasteiger partial charge is 0.497 e. The van der Waals surface area contributed by atoms with Crippen molar-refractivity contribution in [2.24, 2.45) is 4.99 Å². The fourth-order valence-corrected chi connectivity index (χ4v) is 2.35. The highest BCUT2D eigenvalue weighted by Gasteiger charge is 2.11. The molecular weight excluding hydrogens is 377 g/mol. The van der Waals surface area contributed by atoms with Crippen LogP contribution in [0.2, 0.25) is 0 Å². The fourth-order valence-electron chi connectivity index (χ4n) is 2.35. The summed E-state index contributed by atoms with van der Waals surface area (Å²) in [6.07, 6.45) is 6.55. The smallest absolute Gasteiger partial charge is 0.191 e. The standard InChI is InChI=1S/C16H23N3O.HI/c1-12-8-13(10-15(9-12)20-3)11-18-16(17-2)19-14-6-4-5-7-14;/h4-5,8-10,14H,6-7,11H2,1-3H3,(H2,17,18,19);1H. The van der Waals surface area contributed by atoms with Crippen LogP contribution in [0.1, 0.15) is 24.0 Å². The molecule has 4 nitrogen and oxygen atoms in total. The number of hydrogen-bond acceptors (Lipinski definition) is 2. The monoisotopic (exact) mass is 401 g/mol. The maximum absolute atomic E-state index is 5.29. The van der Waals surface area contributed by atoms with Crippen LogP contribution in [0.5, 0.6) is 5.75 Å². The van der Waals surface area contributed by atoms with E-state index < -0.39 is 0 Å². The highest BCUT2D eigenvalue weighted by Crippen LogP contribution is 2.16. The maximum atomic E-state index is 5.29. The number of aryl methyl sites for hydroxylation is 1. The normalized spacial score (nSPS) is 14.7. The molecule has 0 heterocycles. The van der Waals surface area contributed by atoms with E-state index in [9.17, 15) is 0 Å². The molecule has 0 spiro atoms. The predicted octanol–water partition coefficient (Wildman–Crippen LogP) is 3.01. The second kappa shape index (κ2) is 8.92. The van der Waals surface area contributed by atoms with Crippen LogP contribution < -0.4 is 15.4 Å². The van der Waals surface area contributed by atoms with Crippen LogP contribution in [0, 0.1) is 6.92 Å². The molecular formula is C16H24IN3O. The van der Waals surface area contributed by atoms with Gasteiger partial charge in [-0.25, -0.2) is 0 Å². The van der Waals surface area contributed by atoms with Crippen LogP contribution in [0.3, 0.4) is 0 Å². The number of methoxy groups -OCH3 is 1. The number of aliphatic imine (C=N–C) groups is 1. The molecule has 116 valence electrons. The first-order valence-electron chi connectivity index (χ1n) is 6.98. The number of rotatable bonds is 4. The summed E-state index contributed by atoms with van der Waals surface area (Å²) < 4.78 is 5.29. The van der Waals surface area contributed by atoms with Gasteiger partial charge in [0.1, 0.15) is 5.75 Å². The van der Waals surface area contributed by atoms with Gasteiger partial charge in [0, 0.05) is 19.6 Å². The van der Waals surface area contributed by atoms with Crippen molar-refractivity contribution in [3.8, 4) is 5.75 Å². The van der Waals surface area contributed by atoms with E-state index in [1.807, 2.05) is 12.1 Å². The van der Waals surface area contributed by atoms with Gasteiger partial charge >= 0.3 is 0 Å². The molecule has 0 fully saturated rings. The fraction of sp³-hybridized carbons (Fsp3) is 0.438. The van der Waals surface area contributed by atoms with E-state index in [-0.39, 0.29) is 24.0 Å². The van der Waals surface area contributed by atoms with Crippen molar-refractivity contribution in [2.45, 2.75) is 32.4 Å². The molecule has 0 radical (unpaired) electrons. The molecule has 0 aromatic heterocycles. The van der Waals surface area contributed by atoms with Gasteiger partial charge in [-0.15, -0.1) is 24.0 Å². The lowest BCUT2D eigenvalue weighted by Gasteiger charge is -2.17. The summed E-state index contributed by atoms with van der Waals surface area (Å²) in [7, 11) is 3.49. The Morgan fingerprint density at radius 2 is 2.00 bits per heavy atom. The van der Waals surface area contributed by atoms with Crippen molar-refractivity contribution in [1.82, 2.24) is 10.6 Å². The topological polar surface area (TPSA) is 45.7 Å². The van der Waals surface area contributed by atoms with Crippen molar-refractivity contribution >= 4 is 29.9 Å². The van der Waals surface area contributed by atoms with Crippen molar-refractivity contribution in [3.05, 3.63) is 41.5 Å². The minimum Gasteiger partial charge on any atom is -0.497 e. The highest BCUT2D eigenvalue weighted by atomic mass is 127. The molecule has 0 bridgehead atoms. The summed E-state index contributed by atoms with van der Waals surface area (Å²) in [4.78, 5) is 4.27. The molecule has 1 aliphatic carbocycles. The van der Waals surface area contributed by atoms with E-state index >= 15 is 0 Å². The molecule has 0 saturated heterocycles. The molecule has 2 rings (SSSR count). The number of halogens is 1. The van der Waals surface area contributed by atoms with E-state index in [1.165, 1.54) is 11.1 Å². The average Bonchev–Trinajstić information content (AvgIpc) is 2.95. The van der Waals surface area contributed by atoms with E-state index in [2.05, 4.69) is 40.8 Å². The Morgan fingerprint density at radius 1 is 1.29 bits per heavy atom. The molecule has 0 aliphatic heterocycles. The summed E-state index contributed by atoms with van der Waals surface area (Å²) in [5.74, 6) is 1.74. The third-order valence-corrected chi connectivity index (χ3v) is 3.38. The van der Waals surface area contributed by atoms with Crippen LogP contribution >= 0.6 is 24.0 Å². The number of ether oxygens (including phenoxy) is 1. The van der Waals surface area contributed by atoms with Gasteiger partial charge in [0.15, 0.2) is 5.96 Å². The van der Waals surface area contributed by atoms with E-state index in [0.29, 0.717) is 6.04 Å². The minimum absolute atomic E-state index is 0. The van der Waals surface area contributed by atoms with Gasteiger partial charge in [0.05, 0.1) is 7.11 Å². The third kappa shape index (κ3) is 5.57. The maximum Gasteiger partial charge on any atom is 0.191 e. The lowest BCUT2D eigenvalue weighted by molar-refractivity contribution is 0.414. The van der Waals surface area contributed by atoms with E-state index in [0.717, 1.165) is 31.1 Å². The number of benzene rings is 1. The van der Waals surface area contributed by atoms with E-state index in [4.69, 9.17) is 4.74 Å². The van der Waals surface area contributed by atoms with Crippen LogP contribution in [-0.2, 0) is 6.54 Å². The second-order valence-electron chi connectivity index (χ2n) is 5.07. The average molecular weight is 401 g/mol. The lowest BCUT2D eigenvalue weighted by Crippen LogP contribution is -2.42. The predicted molar refractivity (Wildman–Crippen MR) is 98.6 cm³/mol. The molecule has 1 aliphatic rings. The SMILES string of the molecule is CN=C(NCc1cc(C)cc(OC)c1)NC1CC=CC1.I. The zero-order valence-electron chi connectivity index (χ0n) is 12.8. The van der Waals surface area contributed by atoms with Gasteiger partial charge in [0.25, 0.3) is 0 Å².